The molecule has 0 saturated carbocycles. The number of hydrogen-bond donors (Lipinski definition) is 1. The highest BCUT2D eigenvalue weighted by Crippen LogP contribution is 2.19. The minimum Gasteiger partial charge on any atom is -0.390 e. The molecule has 21 heavy (non-hydrogen) atoms. The van der Waals surface area contributed by atoms with Gasteiger partial charge in [-0.05, 0) is 18.6 Å². The fourth-order valence-corrected chi connectivity index (χ4v) is 2.68. The van der Waals surface area contributed by atoms with Crippen LogP contribution in [0.1, 0.15) is 22.6 Å². The van der Waals surface area contributed by atoms with Crippen LogP contribution in [-0.4, -0.2) is 25.1 Å². The van der Waals surface area contributed by atoms with Crippen LogP contribution in [0.2, 0.25) is 0 Å². The quantitative estimate of drug-likeness (QED) is 0.804. The summed E-state index contributed by atoms with van der Waals surface area (Å²) >= 11 is 1.50. The molecule has 0 atom stereocenters. The van der Waals surface area contributed by atoms with E-state index in [1.807, 2.05) is 54.8 Å². The normalized spacial score (nSPS) is 11.3. The van der Waals surface area contributed by atoms with Gasteiger partial charge in [-0.2, -0.15) is 4.68 Å². The van der Waals surface area contributed by atoms with Gasteiger partial charge in [-0.3, -0.25) is 0 Å². The smallest absolute Gasteiger partial charge is 0.212 e. The molecule has 0 radical (unpaired) electrons. The van der Waals surface area contributed by atoms with Crippen LogP contribution in [0.25, 0.3) is 17.3 Å². The number of benzene rings is 1. The van der Waals surface area contributed by atoms with E-state index in [2.05, 4.69) is 15.3 Å². The summed E-state index contributed by atoms with van der Waals surface area (Å²) in [6, 6.07) is 9.95. The van der Waals surface area contributed by atoms with Crippen LogP contribution in [0.15, 0.2) is 35.7 Å². The van der Waals surface area contributed by atoms with Crippen molar-refractivity contribution in [3.05, 3.63) is 58.4 Å². The molecule has 3 aromatic rings. The Balaban J connectivity index is 2.00. The Labute approximate surface area is 126 Å². The predicted molar refractivity (Wildman–Crippen MR) is 83.1 cm³/mol. The summed E-state index contributed by atoms with van der Waals surface area (Å²) in [5.74, 6) is 0. The number of aliphatic hydroxyl groups excluding tert-OH is 1. The summed E-state index contributed by atoms with van der Waals surface area (Å²) < 4.78 is 1.66. The molecule has 106 valence electrons. The van der Waals surface area contributed by atoms with Crippen LogP contribution in [0.3, 0.4) is 0 Å². The van der Waals surface area contributed by atoms with Crippen LogP contribution in [0, 0.1) is 6.92 Å². The fourth-order valence-electron chi connectivity index (χ4n) is 1.92. The van der Waals surface area contributed by atoms with Gasteiger partial charge in [0.2, 0.25) is 5.13 Å². The molecule has 0 saturated heterocycles. The number of rotatable bonds is 4. The zero-order chi connectivity index (χ0) is 14.7. The SMILES string of the molecule is Cc1csc(-n2nnc(CO)c2/C=C/c2ccccc2)n1. The molecule has 5 nitrogen and oxygen atoms in total. The standard InChI is InChI=1S/C15H14N4OS/c1-11-10-21-15(16-11)19-14(13(9-20)17-18-19)8-7-12-5-3-2-4-6-12/h2-8,10,20H,9H2,1H3/b8-7+. The average Bonchev–Trinajstić information content (AvgIpc) is 3.11. The minimum absolute atomic E-state index is 0.154. The molecule has 6 heteroatoms. The topological polar surface area (TPSA) is 63.8 Å². The summed E-state index contributed by atoms with van der Waals surface area (Å²) in [6.07, 6.45) is 3.87. The third kappa shape index (κ3) is 2.91. The first-order chi connectivity index (χ1) is 10.3. The summed E-state index contributed by atoms with van der Waals surface area (Å²) in [5, 5.41) is 20.2. The van der Waals surface area contributed by atoms with Crippen LogP contribution < -0.4 is 0 Å². The lowest BCUT2D eigenvalue weighted by atomic mass is 10.2. The molecule has 1 N–H and O–H groups in total. The lowest BCUT2D eigenvalue weighted by Gasteiger charge is -1.99. The molecule has 2 heterocycles. The molecule has 3 rings (SSSR count). The second-order valence-electron chi connectivity index (χ2n) is 4.51. The highest BCUT2D eigenvalue weighted by Gasteiger charge is 2.13. The Bertz CT molecular complexity index is 761. The van der Waals surface area contributed by atoms with E-state index in [-0.39, 0.29) is 6.61 Å². The van der Waals surface area contributed by atoms with Crippen molar-refractivity contribution >= 4 is 23.5 Å². The minimum atomic E-state index is -0.154. The third-order valence-electron chi connectivity index (χ3n) is 2.95. The first kappa shape index (κ1) is 13.7. The molecular weight excluding hydrogens is 284 g/mol. The van der Waals surface area contributed by atoms with Crippen molar-refractivity contribution in [1.29, 1.82) is 0 Å². The maximum absolute atomic E-state index is 9.41. The van der Waals surface area contributed by atoms with Crippen molar-refractivity contribution in [1.82, 2.24) is 20.0 Å². The average molecular weight is 298 g/mol. The van der Waals surface area contributed by atoms with Gasteiger partial charge in [0, 0.05) is 5.38 Å². The fraction of sp³-hybridized carbons (Fsp3) is 0.133. The lowest BCUT2D eigenvalue weighted by Crippen LogP contribution is -1.99. The number of aromatic nitrogens is 4. The van der Waals surface area contributed by atoms with Crippen molar-refractivity contribution in [3.63, 3.8) is 0 Å². The molecule has 0 unspecified atom stereocenters. The molecule has 0 aliphatic rings. The van der Waals surface area contributed by atoms with Gasteiger partial charge in [0.25, 0.3) is 0 Å². The number of hydrogen-bond acceptors (Lipinski definition) is 5. The van der Waals surface area contributed by atoms with Crippen molar-refractivity contribution in [2.45, 2.75) is 13.5 Å². The summed E-state index contributed by atoms with van der Waals surface area (Å²) in [6.45, 7) is 1.78. The molecule has 1 aromatic carbocycles. The van der Waals surface area contributed by atoms with Crippen LogP contribution in [0.4, 0.5) is 0 Å². The summed E-state index contributed by atoms with van der Waals surface area (Å²) in [4.78, 5) is 4.41. The Kier molecular flexibility index (Phi) is 3.89. The van der Waals surface area contributed by atoms with Gasteiger partial charge in [0.1, 0.15) is 5.69 Å². The maximum Gasteiger partial charge on any atom is 0.212 e. The zero-order valence-corrected chi connectivity index (χ0v) is 12.3. The Morgan fingerprint density at radius 3 is 2.71 bits per heavy atom. The van der Waals surface area contributed by atoms with E-state index in [1.165, 1.54) is 11.3 Å². The van der Waals surface area contributed by atoms with Crippen molar-refractivity contribution in [2.75, 3.05) is 0 Å². The highest BCUT2D eigenvalue weighted by molar-refractivity contribution is 7.12. The second-order valence-corrected chi connectivity index (χ2v) is 5.34. The monoisotopic (exact) mass is 298 g/mol. The Hall–Kier alpha value is -2.31. The predicted octanol–water partition coefficient (Wildman–Crippen LogP) is 2.69. The van der Waals surface area contributed by atoms with Gasteiger partial charge < -0.3 is 5.11 Å². The number of nitrogens with zero attached hydrogens (tertiary/aromatic N) is 4. The molecular formula is C15H14N4OS. The molecule has 2 aromatic heterocycles. The summed E-state index contributed by atoms with van der Waals surface area (Å²) in [5.41, 5.74) is 3.30. The van der Waals surface area contributed by atoms with Gasteiger partial charge >= 0.3 is 0 Å². The molecule has 0 spiro atoms. The zero-order valence-electron chi connectivity index (χ0n) is 11.5. The van der Waals surface area contributed by atoms with E-state index < -0.39 is 0 Å². The van der Waals surface area contributed by atoms with Gasteiger partial charge in [0.05, 0.1) is 18.0 Å². The van der Waals surface area contributed by atoms with E-state index in [1.54, 1.807) is 4.68 Å². The number of aliphatic hydroxyl groups is 1. The first-order valence-corrected chi connectivity index (χ1v) is 7.37. The van der Waals surface area contributed by atoms with E-state index >= 15 is 0 Å². The molecule has 0 aliphatic carbocycles. The highest BCUT2D eigenvalue weighted by atomic mass is 32.1. The van der Waals surface area contributed by atoms with E-state index in [9.17, 15) is 5.11 Å². The van der Waals surface area contributed by atoms with E-state index in [0.29, 0.717) is 5.69 Å². The molecule has 0 aliphatic heterocycles. The van der Waals surface area contributed by atoms with Crippen molar-refractivity contribution in [2.24, 2.45) is 0 Å². The molecule has 0 amide bonds. The second kappa shape index (κ2) is 5.99. The van der Waals surface area contributed by atoms with Gasteiger partial charge in [0.15, 0.2) is 0 Å². The lowest BCUT2D eigenvalue weighted by molar-refractivity contribution is 0.276. The maximum atomic E-state index is 9.41. The molecule has 0 fully saturated rings. The number of aryl methyl sites for hydroxylation is 1. The largest absolute Gasteiger partial charge is 0.390 e. The Morgan fingerprint density at radius 2 is 2.05 bits per heavy atom. The van der Waals surface area contributed by atoms with Gasteiger partial charge in [-0.25, -0.2) is 4.98 Å². The van der Waals surface area contributed by atoms with Crippen LogP contribution >= 0.6 is 11.3 Å². The van der Waals surface area contributed by atoms with Crippen LogP contribution in [-0.2, 0) is 6.61 Å². The third-order valence-corrected chi connectivity index (χ3v) is 3.88. The Morgan fingerprint density at radius 1 is 1.24 bits per heavy atom. The van der Waals surface area contributed by atoms with E-state index in [0.717, 1.165) is 22.1 Å². The van der Waals surface area contributed by atoms with Gasteiger partial charge in [-0.15, -0.1) is 16.4 Å². The number of thiazole rings is 1. The first-order valence-electron chi connectivity index (χ1n) is 6.49. The van der Waals surface area contributed by atoms with Crippen LogP contribution in [0.5, 0.6) is 0 Å². The van der Waals surface area contributed by atoms with Crippen molar-refractivity contribution < 1.29 is 5.11 Å². The van der Waals surface area contributed by atoms with Gasteiger partial charge in [-0.1, -0.05) is 41.6 Å². The van der Waals surface area contributed by atoms with Crippen molar-refractivity contribution in [3.8, 4) is 5.13 Å². The summed E-state index contributed by atoms with van der Waals surface area (Å²) in [7, 11) is 0. The van der Waals surface area contributed by atoms with E-state index in [4.69, 9.17) is 0 Å². The molecule has 0 bridgehead atoms.